The monoisotopic (exact) mass is 258 g/mol. The van der Waals surface area contributed by atoms with Gasteiger partial charge in [-0.05, 0) is 26.2 Å². The molecular formula is C12H22N2O2S. The molecule has 0 bridgehead atoms. The number of hydrogen-bond donors (Lipinski definition) is 2. The van der Waals surface area contributed by atoms with Crippen LogP contribution >= 0.6 is 12.2 Å². The maximum Gasteiger partial charge on any atom is 0.230 e. The van der Waals surface area contributed by atoms with E-state index in [4.69, 9.17) is 22.7 Å². The molecule has 98 valence electrons. The van der Waals surface area contributed by atoms with E-state index in [-0.39, 0.29) is 22.4 Å². The minimum Gasteiger partial charge on any atom is -0.393 e. The fraction of sp³-hybridized carbons (Fsp3) is 0.833. The van der Waals surface area contributed by atoms with Crippen molar-refractivity contribution in [2.45, 2.75) is 45.1 Å². The molecule has 3 N–H and O–H groups in total. The van der Waals surface area contributed by atoms with E-state index in [1.54, 1.807) is 0 Å². The number of nitrogens with one attached hydrogen (secondary N) is 1. The van der Waals surface area contributed by atoms with Gasteiger partial charge in [0.25, 0.3) is 0 Å². The van der Waals surface area contributed by atoms with E-state index in [0.717, 1.165) is 25.9 Å². The zero-order valence-electron chi connectivity index (χ0n) is 10.6. The summed E-state index contributed by atoms with van der Waals surface area (Å²) in [6, 6.07) is 0. The van der Waals surface area contributed by atoms with E-state index in [2.05, 4.69) is 5.32 Å². The molecule has 0 radical (unpaired) electrons. The lowest BCUT2D eigenvalue weighted by Crippen LogP contribution is -2.54. The second kappa shape index (κ2) is 6.31. The molecule has 0 aromatic heterocycles. The molecule has 1 rings (SSSR count). The second-order valence-electron chi connectivity index (χ2n) is 4.95. The molecule has 17 heavy (non-hydrogen) atoms. The molecule has 1 saturated heterocycles. The first kappa shape index (κ1) is 14.4. The predicted molar refractivity (Wildman–Crippen MR) is 71.8 cm³/mol. The van der Waals surface area contributed by atoms with Crippen molar-refractivity contribution in [2.75, 3.05) is 13.2 Å². The van der Waals surface area contributed by atoms with Gasteiger partial charge in [0.1, 0.15) is 0 Å². The van der Waals surface area contributed by atoms with Crippen LogP contribution < -0.4 is 11.1 Å². The number of carbonyl (C=O) groups is 1. The topological polar surface area (TPSA) is 64.3 Å². The molecule has 5 heteroatoms. The summed E-state index contributed by atoms with van der Waals surface area (Å²) >= 11 is 4.95. The molecule has 1 aliphatic heterocycles. The smallest absolute Gasteiger partial charge is 0.230 e. The lowest BCUT2D eigenvalue weighted by molar-refractivity contribution is -0.126. The van der Waals surface area contributed by atoms with Gasteiger partial charge in [-0.25, -0.2) is 0 Å². The third kappa shape index (κ3) is 4.24. The fourth-order valence-corrected chi connectivity index (χ4v) is 2.33. The van der Waals surface area contributed by atoms with Gasteiger partial charge in [-0.1, -0.05) is 25.6 Å². The van der Waals surface area contributed by atoms with Crippen molar-refractivity contribution in [1.29, 1.82) is 0 Å². The Morgan fingerprint density at radius 2 is 2.35 bits per heavy atom. The van der Waals surface area contributed by atoms with Gasteiger partial charge in [-0.2, -0.15) is 0 Å². The van der Waals surface area contributed by atoms with Gasteiger partial charge in [0.15, 0.2) is 0 Å². The van der Waals surface area contributed by atoms with E-state index in [1.807, 2.05) is 13.8 Å². The first-order valence-electron chi connectivity index (χ1n) is 6.17. The van der Waals surface area contributed by atoms with Gasteiger partial charge in [0.2, 0.25) is 5.91 Å². The van der Waals surface area contributed by atoms with Gasteiger partial charge < -0.3 is 15.8 Å². The van der Waals surface area contributed by atoms with Crippen LogP contribution in [0.5, 0.6) is 0 Å². The van der Waals surface area contributed by atoms with E-state index in [1.165, 1.54) is 0 Å². The quantitative estimate of drug-likeness (QED) is 0.731. The Balaban J connectivity index is 2.59. The van der Waals surface area contributed by atoms with Crippen molar-refractivity contribution in [1.82, 2.24) is 5.32 Å². The number of rotatable bonds is 5. The number of nitrogens with two attached hydrogens (primary N) is 1. The van der Waals surface area contributed by atoms with Gasteiger partial charge in [0, 0.05) is 6.61 Å². The standard InChI is InChI=1S/C12H22N2O2S/c1-3-5-9(10(13)17)11(15)14-12(2)6-4-7-16-8-12/h9H,3-8H2,1-2H3,(H2,13,17)(H,14,15). The summed E-state index contributed by atoms with van der Waals surface area (Å²) in [6.45, 7) is 5.37. The summed E-state index contributed by atoms with van der Waals surface area (Å²) in [4.78, 5) is 12.4. The molecule has 2 atom stereocenters. The van der Waals surface area contributed by atoms with Crippen molar-refractivity contribution in [3.05, 3.63) is 0 Å². The molecule has 0 aromatic carbocycles. The van der Waals surface area contributed by atoms with Crippen molar-refractivity contribution < 1.29 is 9.53 Å². The summed E-state index contributed by atoms with van der Waals surface area (Å²) in [7, 11) is 0. The normalized spacial score (nSPS) is 26.2. The summed E-state index contributed by atoms with van der Waals surface area (Å²) in [6.07, 6.45) is 3.51. The van der Waals surface area contributed by atoms with E-state index in [9.17, 15) is 4.79 Å². The minimum atomic E-state index is -0.353. The number of amides is 1. The van der Waals surface area contributed by atoms with Crippen LogP contribution in [0.25, 0.3) is 0 Å². The molecule has 0 aromatic rings. The molecule has 1 amide bonds. The summed E-state index contributed by atoms with van der Waals surface area (Å²) in [5.41, 5.74) is 5.34. The third-order valence-electron chi connectivity index (χ3n) is 3.10. The number of hydrogen-bond acceptors (Lipinski definition) is 3. The predicted octanol–water partition coefficient (Wildman–Crippen LogP) is 1.37. The zero-order valence-corrected chi connectivity index (χ0v) is 11.4. The SMILES string of the molecule is CCCC(C(=O)NC1(C)CCCOC1)C(N)=S. The van der Waals surface area contributed by atoms with Crippen LogP contribution in [0.15, 0.2) is 0 Å². The molecular weight excluding hydrogens is 236 g/mol. The Morgan fingerprint density at radius 1 is 1.65 bits per heavy atom. The Morgan fingerprint density at radius 3 is 2.82 bits per heavy atom. The van der Waals surface area contributed by atoms with Crippen LogP contribution in [0.3, 0.4) is 0 Å². The lowest BCUT2D eigenvalue weighted by Gasteiger charge is -2.35. The Bertz CT molecular complexity index is 288. The van der Waals surface area contributed by atoms with Crippen molar-refractivity contribution >= 4 is 23.1 Å². The first-order valence-corrected chi connectivity index (χ1v) is 6.58. The molecule has 2 unspecified atom stereocenters. The average molecular weight is 258 g/mol. The van der Waals surface area contributed by atoms with Crippen LogP contribution in [0.2, 0.25) is 0 Å². The molecule has 0 spiro atoms. The second-order valence-corrected chi connectivity index (χ2v) is 5.42. The molecule has 1 aliphatic rings. The van der Waals surface area contributed by atoms with Crippen LogP contribution in [0, 0.1) is 5.92 Å². The molecule has 0 saturated carbocycles. The van der Waals surface area contributed by atoms with Gasteiger partial charge in [0.05, 0.1) is 23.1 Å². The highest BCUT2D eigenvalue weighted by Gasteiger charge is 2.32. The van der Waals surface area contributed by atoms with E-state index >= 15 is 0 Å². The number of carbonyl (C=O) groups excluding carboxylic acids is 1. The Kier molecular flexibility index (Phi) is 5.33. The number of ether oxygens (including phenoxy) is 1. The minimum absolute atomic E-state index is 0.0626. The maximum atomic E-state index is 12.1. The average Bonchev–Trinajstić information content (AvgIpc) is 2.25. The maximum absolute atomic E-state index is 12.1. The van der Waals surface area contributed by atoms with Gasteiger partial charge >= 0.3 is 0 Å². The van der Waals surface area contributed by atoms with Crippen molar-refractivity contribution in [3.63, 3.8) is 0 Å². The molecule has 1 fully saturated rings. The highest BCUT2D eigenvalue weighted by Crippen LogP contribution is 2.19. The van der Waals surface area contributed by atoms with Crippen LogP contribution in [-0.2, 0) is 9.53 Å². The highest BCUT2D eigenvalue weighted by atomic mass is 32.1. The third-order valence-corrected chi connectivity index (χ3v) is 3.38. The molecule has 1 heterocycles. The molecule has 0 aliphatic carbocycles. The van der Waals surface area contributed by atoms with Crippen molar-refractivity contribution in [3.8, 4) is 0 Å². The van der Waals surface area contributed by atoms with Gasteiger partial charge in [-0.15, -0.1) is 0 Å². The fourth-order valence-electron chi connectivity index (χ4n) is 2.11. The van der Waals surface area contributed by atoms with Gasteiger partial charge in [-0.3, -0.25) is 4.79 Å². The van der Waals surface area contributed by atoms with Crippen LogP contribution in [0.1, 0.15) is 39.5 Å². The first-order chi connectivity index (χ1) is 7.98. The van der Waals surface area contributed by atoms with Crippen LogP contribution in [-0.4, -0.2) is 29.6 Å². The van der Waals surface area contributed by atoms with E-state index < -0.39 is 0 Å². The zero-order chi connectivity index (χ0) is 12.9. The largest absolute Gasteiger partial charge is 0.393 e. The summed E-state index contributed by atoms with van der Waals surface area (Å²) in [5.74, 6) is -0.416. The van der Waals surface area contributed by atoms with Crippen LogP contribution in [0.4, 0.5) is 0 Å². The molecule has 4 nitrogen and oxygen atoms in total. The highest BCUT2D eigenvalue weighted by molar-refractivity contribution is 7.80. The van der Waals surface area contributed by atoms with E-state index in [0.29, 0.717) is 13.0 Å². The number of thiocarbonyl (C=S) groups is 1. The Hall–Kier alpha value is -0.680. The summed E-state index contributed by atoms with van der Waals surface area (Å²) < 4.78 is 5.41. The van der Waals surface area contributed by atoms with Crippen molar-refractivity contribution in [2.24, 2.45) is 11.7 Å². The lowest BCUT2D eigenvalue weighted by atomic mass is 9.93. The summed E-state index contributed by atoms with van der Waals surface area (Å²) in [5, 5.41) is 3.03. The Labute approximate surface area is 108 Å².